The van der Waals surface area contributed by atoms with Crippen molar-refractivity contribution in [2.24, 2.45) is 11.8 Å². The molecule has 0 bridgehead atoms. The van der Waals surface area contributed by atoms with Crippen LogP contribution in [0.25, 0.3) is 0 Å². The normalized spacial score (nSPS) is 22.7. The summed E-state index contributed by atoms with van der Waals surface area (Å²) in [5.41, 5.74) is 0. The number of carboxylic acid groups (broad SMARTS) is 1. The molecule has 1 unspecified atom stereocenters. The van der Waals surface area contributed by atoms with E-state index in [1.807, 2.05) is 6.92 Å². The largest absolute Gasteiger partial charge is 0.480 e. The van der Waals surface area contributed by atoms with Crippen LogP contribution in [0.1, 0.15) is 26.7 Å². The van der Waals surface area contributed by atoms with Gasteiger partial charge in [-0.2, -0.15) is 0 Å². The Kier molecular flexibility index (Phi) is 4.69. The number of aliphatic carboxylic acids is 1. The number of nitrogens with one attached hydrogen (secondary N) is 1. The van der Waals surface area contributed by atoms with Crippen molar-refractivity contribution < 1.29 is 19.5 Å². The van der Waals surface area contributed by atoms with E-state index >= 15 is 0 Å². The van der Waals surface area contributed by atoms with Crippen LogP contribution in [0.15, 0.2) is 0 Å². The van der Waals surface area contributed by atoms with Gasteiger partial charge in [-0.25, -0.2) is 4.79 Å². The van der Waals surface area contributed by atoms with Gasteiger partial charge in [-0.3, -0.25) is 9.59 Å². The van der Waals surface area contributed by atoms with E-state index < -0.39 is 17.9 Å². The Labute approximate surface area is 106 Å². The number of rotatable bonds is 5. The Hall–Kier alpha value is -1.59. The number of amides is 2. The van der Waals surface area contributed by atoms with Crippen LogP contribution in [0, 0.1) is 11.8 Å². The monoisotopic (exact) mass is 256 g/mol. The van der Waals surface area contributed by atoms with E-state index in [9.17, 15) is 14.4 Å². The molecule has 1 fully saturated rings. The summed E-state index contributed by atoms with van der Waals surface area (Å²) >= 11 is 0. The molecule has 1 heterocycles. The number of carbonyl (C=O) groups is 3. The van der Waals surface area contributed by atoms with Crippen molar-refractivity contribution in [1.29, 1.82) is 0 Å². The number of carbonyl (C=O) groups excluding carboxylic acids is 2. The lowest BCUT2D eigenvalue weighted by Gasteiger charge is -2.21. The highest BCUT2D eigenvalue weighted by molar-refractivity contribution is 5.91. The molecule has 102 valence electrons. The summed E-state index contributed by atoms with van der Waals surface area (Å²) in [5.74, 6) is -2.03. The van der Waals surface area contributed by atoms with Crippen LogP contribution in [-0.2, 0) is 14.4 Å². The van der Waals surface area contributed by atoms with Gasteiger partial charge in [-0.05, 0) is 5.92 Å². The molecule has 1 rings (SSSR count). The topological polar surface area (TPSA) is 86.7 Å². The van der Waals surface area contributed by atoms with Gasteiger partial charge in [0, 0.05) is 20.0 Å². The summed E-state index contributed by atoms with van der Waals surface area (Å²) in [5, 5.41) is 11.6. The van der Waals surface area contributed by atoms with Crippen molar-refractivity contribution in [2.45, 2.75) is 32.7 Å². The lowest BCUT2D eigenvalue weighted by atomic mass is 9.98. The van der Waals surface area contributed by atoms with Crippen LogP contribution in [0.3, 0.4) is 0 Å². The Morgan fingerprint density at radius 3 is 2.56 bits per heavy atom. The Balaban J connectivity index is 2.62. The maximum atomic E-state index is 11.9. The highest BCUT2D eigenvalue weighted by Gasteiger charge is 2.35. The third kappa shape index (κ3) is 3.21. The predicted molar refractivity (Wildman–Crippen MR) is 64.8 cm³/mol. The minimum atomic E-state index is -1.03. The van der Waals surface area contributed by atoms with Gasteiger partial charge in [0.15, 0.2) is 0 Å². The molecule has 0 aliphatic carbocycles. The van der Waals surface area contributed by atoms with Crippen LogP contribution in [0.4, 0.5) is 0 Å². The van der Waals surface area contributed by atoms with Crippen LogP contribution in [0.5, 0.6) is 0 Å². The molecule has 3 atom stereocenters. The fourth-order valence-electron chi connectivity index (χ4n) is 1.99. The fourth-order valence-corrected chi connectivity index (χ4v) is 1.99. The average molecular weight is 256 g/mol. The summed E-state index contributed by atoms with van der Waals surface area (Å²) in [7, 11) is 1.64. The van der Waals surface area contributed by atoms with E-state index in [1.54, 1.807) is 14.0 Å². The van der Waals surface area contributed by atoms with Crippen LogP contribution < -0.4 is 5.32 Å². The first-order valence-electron chi connectivity index (χ1n) is 6.14. The van der Waals surface area contributed by atoms with Crippen molar-refractivity contribution in [3.8, 4) is 0 Å². The first-order chi connectivity index (χ1) is 8.36. The first kappa shape index (κ1) is 14.5. The van der Waals surface area contributed by atoms with Crippen molar-refractivity contribution in [1.82, 2.24) is 10.2 Å². The van der Waals surface area contributed by atoms with E-state index in [-0.39, 0.29) is 24.2 Å². The van der Waals surface area contributed by atoms with Crippen LogP contribution in [0.2, 0.25) is 0 Å². The molecule has 1 saturated heterocycles. The number of nitrogens with zero attached hydrogens (tertiary/aromatic N) is 1. The third-order valence-electron chi connectivity index (χ3n) is 3.49. The molecule has 6 heteroatoms. The van der Waals surface area contributed by atoms with Gasteiger partial charge in [0.05, 0.1) is 5.92 Å². The zero-order chi connectivity index (χ0) is 13.9. The minimum Gasteiger partial charge on any atom is -0.480 e. The Morgan fingerprint density at radius 2 is 2.17 bits per heavy atom. The molecule has 0 aromatic rings. The average Bonchev–Trinajstić information content (AvgIpc) is 2.65. The quantitative estimate of drug-likeness (QED) is 0.729. The SMILES string of the molecule is CC[C@H](C)[C@H](NC(=O)C1CC(=O)N(C)C1)C(=O)O. The lowest BCUT2D eigenvalue weighted by Crippen LogP contribution is -2.47. The van der Waals surface area contributed by atoms with Gasteiger partial charge in [-0.15, -0.1) is 0 Å². The molecular weight excluding hydrogens is 236 g/mol. The molecule has 0 aromatic carbocycles. The van der Waals surface area contributed by atoms with E-state index in [2.05, 4.69) is 5.32 Å². The van der Waals surface area contributed by atoms with E-state index in [4.69, 9.17) is 5.11 Å². The zero-order valence-corrected chi connectivity index (χ0v) is 11.0. The Morgan fingerprint density at radius 1 is 1.56 bits per heavy atom. The highest BCUT2D eigenvalue weighted by Crippen LogP contribution is 2.17. The summed E-state index contributed by atoms with van der Waals surface area (Å²) in [6, 6.07) is -0.886. The number of hydrogen-bond acceptors (Lipinski definition) is 3. The number of likely N-dealkylation sites (tertiary alicyclic amines) is 1. The molecule has 1 aliphatic rings. The minimum absolute atomic E-state index is 0.0782. The van der Waals surface area contributed by atoms with E-state index in [0.29, 0.717) is 13.0 Å². The van der Waals surface area contributed by atoms with Crippen LogP contribution >= 0.6 is 0 Å². The summed E-state index contributed by atoms with van der Waals surface area (Å²) in [6.45, 7) is 4.02. The maximum Gasteiger partial charge on any atom is 0.326 e. The van der Waals surface area contributed by atoms with Gasteiger partial charge in [0.2, 0.25) is 11.8 Å². The predicted octanol–water partition coefficient (Wildman–Crippen LogP) is 0.0802. The van der Waals surface area contributed by atoms with Crippen molar-refractivity contribution >= 4 is 17.8 Å². The molecule has 0 radical (unpaired) electrons. The highest BCUT2D eigenvalue weighted by atomic mass is 16.4. The third-order valence-corrected chi connectivity index (χ3v) is 3.49. The van der Waals surface area contributed by atoms with Crippen molar-refractivity contribution in [3.05, 3.63) is 0 Å². The number of carboxylic acids is 1. The second-order valence-corrected chi connectivity index (χ2v) is 4.89. The van der Waals surface area contributed by atoms with Gasteiger partial charge in [0.25, 0.3) is 0 Å². The summed E-state index contributed by atoms with van der Waals surface area (Å²) < 4.78 is 0. The van der Waals surface area contributed by atoms with Gasteiger partial charge in [-0.1, -0.05) is 20.3 Å². The van der Waals surface area contributed by atoms with Gasteiger partial charge < -0.3 is 15.3 Å². The molecule has 18 heavy (non-hydrogen) atoms. The second kappa shape index (κ2) is 5.84. The molecule has 0 saturated carbocycles. The standard InChI is InChI=1S/C12H20N2O4/c1-4-7(2)10(12(17)18)13-11(16)8-5-9(15)14(3)6-8/h7-8,10H,4-6H2,1-3H3,(H,13,16)(H,17,18)/t7-,8?,10-/m0/s1. The van der Waals surface area contributed by atoms with Crippen molar-refractivity contribution in [3.63, 3.8) is 0 Å². The second-order valence-electron chi connectivity index (χ2n) is 4.89. The fraction of sp³-hybridized carbons (Fsp3) is 0.750. The summed E-state index contributed by atoms with van der Waals surface area (Å²) in [4.78, 5) is 35.8. The molecule has 2 N–H and O–H groups in total. The van der Waals surface area contributed by atoms with Crippen LogP contribution in [-0.4, -0.2) is 47.4 Å². The smallest absolute Gasteiger partial charge is 0.326 e. The zero-order valence-electron chi connectivity index (χ0n) is 11.0. The molecule has 0 spiro atoms. The van der Waals surface area contributed by atoms with Gasteiger partial charge >= 0.3 is 5.97 Å². The van der Waals surface area contributed by atoms with Crippen molar-refractivity contribution in [2.75, 3.05) is 13.6 Å². The Bertz CT molecular complexity index is 356. The maximum absolute atomic E-state index is 11.9. The molecule has 0 aromatic heterocycles. The molecule has 1 aliphatic heterocycles. The van der Waals surface area contributed by atoms with E-state index in [1.165, 1.54) is 4.90 Å². The van der Waals surface area contributed by atoms with Gasteiger partial charge in [0.1, 0.15) is 6.04 Å². The first-order valence-corrected chi connectivity index (χ1v) is 6.14. The molecule has 2 amide bonds. The number of hydrogen-bond donors (Lipinski definition) is 2. The summed E-state index contributed by atoms with van der Waals surface area (Å²) in [6.07, 6.45) is 0.829. The molecule has 6 nitrogen and oxygen atoms in total. The lowest BCUT2D eigenvalue weighted by molar-refractivity contribution is -0.143. The van der Waals surface area contributed by atoms with E-state index in [0.717, 1.165) is 0 Å². The molecular formula is C12H20N2O4.